The fraction of sp³-hybridized carbons (Fsp3) is 0.261. The second kappa shape index (κ2) is 9.94. The fourth-order valence-corrected chi connectivity index (χ4v) is 3.65. The molecule has 0 saturated carbocycles. The zero-order valence-corrected chi connectivity index (χ0v) is 17.9. The zero-order valence-electron chi connectivity index (χ0n) is 17.9. The number of primary amides is 1. The Morgan fingerprint density at radius 3 is 2.30 bits per heavy atom. The van der Waals surface area contributed by atoms with Gasteiger partial charge in [-0.1, -0.05) is 42.5 Å². The van der Waals surface area contributed by atoms with Crippen LogP contribution in [0.1, 0.15) is 24.4 Å². The number of carbonyl (C=O) groups is 3. The predicted molar refractivity (Wildman–Crippen MR) is 121 cm³/mol. The standard InChI is InChI=1S/C23H24N4O6/c1-26-17-10-6-5-9-15(17)21(30)27(23(26)33)18(13-14-7-3-2-4-8-14)20(29)25-16(22(31)32)11-12-19(24)28/h2-10,16,18H,11-13H2,1H3,(H2,24,28)(H,25,29)(H,31,32)/t16-,18+/m1/s1. The number of para-hydroxylation sites is 1. The third kappa shape index (κ3) is 5.17. The average molecular weight is 452 g/mol. The maximum absolute atomic E-state index is 13.3. The van der Waals surface area contributed by atoms with Crippen molar-refractivity contribution in [1.29, 1.82) is 0 Å². The van der Waals surface area contributed by atoms with Gasteiger partial charge in [-0.3, -0.25) is 19.0 Å². The van der Waals surface area contributed by atoms with Gasteiger partial charge < -0.3 is 16.2 Å². The van der Waals surface area contributed by atoms with Crippen LogP contribution in [-0.2, 0) is 27.9 Å². The lowest BCUT2D eigenvalue weighted by molar-refractivity contribution is -0.142. The van der Waals surface area contributed by atoms with Gasteiger partial charge in [-0.05, 0) is 24.1 Å². The van der Waals surface area contributed by atoms with Crippen LogP contribution in [0.5, 0.6) is 0 Å². The van der Waals surface area contributed by atoms with Crippen molar-refractivity contribution < 1.29 is 19.5 Å². The quantitative estimate of drug-likeness (QED) is 0.425. The van der Waals surface area contributed by atoms with Crippen LogP contribution in [0.25, 0.3) is 10.9 Å². The van der Waals surface area contributed by atoms with Gasteiger partial charge in [-0.25, -0.2) is 14.2 Å². The lowest BCUT2D eigenvalue weighted by Gasteiger charge is -2.23. The molecule has 172 valence electrons. The molecule has 3 aromatic rings. The maximum atomic E-state index is 13.3. The van der Waals surface area contributed by atoms with Crippen molar-refractivity contribution in [3.05, 3.63) is 81.0 Å². The molecular weight excluding hydrogens is 428 g/mol. The van der Waals surface area contributed by atoms with Gasteiger partial charge in [0.2, 0.25) is 11.8 Å². The molecule has 1 heterocycles. The SMILES string of the molecule is Cn1c(=O)n([C@@H](Cc2ccccc2)C(=O)N[C@H](CCC(N)=O)C(=O)O)c(=O)c2ccccc21. The van der Waals surface area contributed by atoms with Crippen LogP contribution < -0.4 is 22.3 Å². The molecule has 3 rings (SSSR count). The Hall–Kier alpha value is -4.21. The number of aryl methyl sites for hydroxylation is 1. The number of rotatable bonds is 9. The van der Waals surface area contributed by atoms with Gasteiger partial charge in [0.15, 0.2) is 0 Å². The van der Waals surface area contributed by atoms with E-state index in [1.807, 2.05) is 0 Å². The summed E-state index contributed by atoms with van der Waals surface area (Å²) in [6, 6.07) is 12.5. The van der Waals surface area contributed by atoms with Crippen LogP contribution in [0, 0.1) is 0 Å². The summed E-state index contributed by atoms with van der Waals surface area (Å²) in [5.74, 6) is -2.90. The van der Waals surface area contributed by atoms with Crippen LogP contribution in [0.4, 0.5) is 0 Å². The number of nitrogens with zero attached hydrogens (tertiary/aromatic N) is 2. The summed E-state index contributed by atoms with van der Waals surface area (Å²) in [7, 11) is 1.49. The number of hydrogen-bond acceptors (Lipinski definition) is 5. The number of hydrogen-bond donors (Lipinski definition) is 3. The molecule has 10 nitrogen and oxygen atoms in total. The van der Waals surface area contributed by atoms with Crippen molar-refractivity contribution >= 4 is 28.7 Å². The first kappa shape index (κ1) is 23.5. The molecule has 1 aromatic heterocycles. The number of carboxylic acid groups (broad SMARTS) is 1. The molecule has 0 aliphatic rings. The minimum Gasteiger partial charge on any atom is -0.480 e. The molecule has 0 saturated heterocycles. The summed E-state index contributed by atoms with van der Waals surface area (Å²) in [6.45, 7) is 0. The van der Waals surface area contributed by atoms with E-state index in [4.69, 9.17) is 5.73 Å². The molecule has 0 spiro atoms. The van der Waals surface area contributed by atoms with Crippen molar-refractivity contribution in [2.24, 2.45) is 12.8 Å². The molecule has 0 aliphatic heterocycles. The number of aromatic nitrogens is 2. The summed E-state index contributed by atoms with van der Waals surface area (Å²) in [6.07, 6.45) is -0.500. The number of carbonyl (C=O) groups excluding carboxylic acids is 2. The third-order valence-electron chi connectivity index (χ3n) is 5.39. The Labute approximate surface area is 188 Å². The van der Waals surface area contributed by atoms with Crippen LogP contribution in [0.3, 0.4) is 0 Å². The molecule has 2 atom stereocenters. The van der Waals surface area contributed by atoms with Crippen molar-refractivity contribution in [2.45, 2.75) is 31.3 Å². The number of carboxylic acids is 1. The normalized spacial score (nSPS) is 12.8. The molecule has 4 N–H and O–H groups in total. The minimum absolute atomic E-state index is 0.0255. The Kier molecular flexibility index (Phi) is 7.07. The third-order valence-corrected chi connectivity index (χ3v) is 5.39. The summed E-state index contributed by atoms with van der Waals surface area (Å²) in [5.41, 5.74) is 4.81. The molecule has 0 radical (unpaired) electrons. The summed E-state index contributed by atoms with van der Waals surface area (Å²) in [5, 5.41) is 12.1. The molecule has 0 aliphatic carbocycles. The van der Waals surface area contributed by atoms with E-state index in [1.165, 1.54) is 11.6 Å². The van der Waals surface area contributed by atoms with Crippen LogP contribution >= 0.6 is 0 Å². The van der Waals surface area contributed by atoms with E-state index in [0.717, 1.165) is 4.57 Å². The number of nitrogens with two attached hydrogens (primary N) is 1. The molecule has 33 heavy (non-hydrogen) atoms. The van der Waals surface area contributed by atoms with Gasteiger partial charge in [-0.15, -0.1) is 0 Å². The topological polar surface area (TPSA) is 153 Å². The van der Waals surface area contributed by atoms with E-state index < -0.39 is 41.1 Å². The predicted octanol–water partition coefficient (Wildman–Crippen LogP) is 0.319. The minimum atomic E-state index is -1.41. The maximum Gasteiger partial charge on any atom is 0.331 e. The van der Waals surface area contributed by atoms with Crippen LogP contribution in [0.2, 0.25) is 0 Å². The van der Waals surface area contributed by atoms with Gasteiger partial charge in [0.05, 0.1) is 10.9 Å². The van der Waals surface area contributed by atoms with E-state index in [-0.39, 0.29) is 24.6 Å². The van der Waals surface area contributed by atoms with Crippen molar-refractivity contribution in [2.75, 3.05) is 0 Å². The molecule has 0 bridgehead atoms. The van der Waals surface area contributed by atoms with Gasteiger partial charge in [-0.2, -0.15) is 0 Å². The Morgan fingerprint density at radius 1 is 1.03 bits per heavy atom. The van der Waals surface area contributed by atoms with Gasteiger partial charge in [0, 0.05) is 19.9 Å². The molecule has 10 heteroatoms. The lowest BCUT2D eigenvalue weighted by Crippen LogP contribution is -2.50. The number of aliphatic carboxylic acids is 1. The first-order valence-electron chi connectivity index (χ1n) is 10.3. The Bertz CT molecular complexity index is 1310. The molecule has 0 fully saturated rings. The van der Waals surface area contributed by atoms with E-state index in [1.54, 1.807) is 54.6 Å². The van der Waals surface area contributed by atoms with E-state index in [2.05, 4.69) is 5.32 Å². The highest BCUT2D eigenvalue weighted by Gasteiger charge is 2.30. The van der Waals surface area contributed by atoms with E-state index >= 15 is 0 Å². The second-order valence-electron chi connectivity index (χ2n) is 7.64. The van der Waals surface area contributed by atoms with Gasteiger partial charge in [0.25, 0.3) is 5.56 Å². The van der Waals surface area contributed by atoms with Crippen LogP contribution in [0.15, 0.2) is 64.2 Å². The van der Waals surface area contributed by atoms with Gasteiger partial charge >= 0.3 is 11.7 Å². The summed E-state index contributed by atoms with van der Waals surface area (Å²) < 4.78 is 2.11. The number of amides is 2. The first-order chi connectivity index (χ1) is 15.7. The molecular formula is C23H24N4O6. The van der Waals surface area contributed by atoms with E-state index in [9.17, 15) is 29.1 Å². The summed E-state index contributed by atoms with van der Waals surface area (Å²) in [4.78, 5) is 62.4. The Morgan fingerprint density at radius 2 is 1.67 bits per heavy atom. The zero-order chi connectivity index (χ0) is 24.1. The lowest BCUT2D eigenvalue weighted by atomic mass is 10.0. The highest BCUT2D eigenvalue weighted by molar-refractivity contribution is 5.87. The Balaban J connectivity index is 2.10. The first-order valence-corrected chi connectivity index (χ1v) is 10.3. The molecule has 2 amide bonds. The monoisotopic (exact) mass is 452 g/mol. The number of fused-ring (bicyclic) bond motifs is 1. The molecule has 2 aromatic carbocycles. The smallest absolute Gasteiger partial charge is 0.331 e. The molecule has 0 unspecified atom stereocenters. The highest BCUT2D eigenvalue weighted by Crippen LogP contribution is 2.15. The van der Waals surface area contributed by atoms with Crippen molar-refractivity contribution in [1.82, 2.24) is 14.5 Å². The summed E-state index contributed by atoms with van der Waals surface area (Å²) >= 11 is 0. The largest absolute Gasteiger partial charge is 0.480 e. The van der Waals surface area contributed by atoms with Crippen molar-refractivity contribution in [3.63, 3.8) is 0 Å². The highest BCUT2D eigenvalue weighted by atomic mass is 16.4. The number of benzene rings is 2. The van der Waals surface area contributed by atoms with E-state index in [0.29, 0.717) is 11.1 Å². The van der Waals surface area contributed by atoms with Crippen molar-refractivity contribution in [3.8, 4) is 0 Å². The number of nitrogens with one attached hydrogen (secondary N) is 1. The second-order valence-corrected chi connectivity index (χ2v) is 7.64. The average Bonchev–Trinajstić information content (AvgIpc) is 2.80. The van der Waals surface area contributed by atoms with Gasteiger partial charge in [0.1, 0.15) is 12.1 Å². The fourth-order valence-electron chi connectivity index (χ4n) is 3.65. The van der Waals surface area contributed by atoms with Crippen LogP contribution in [-0.4, -0.2) is 38.1 Å².